The first-order valence-corrected chi connectivity index (χ1v) is 6.19. The van der Waals surface area contributed by atoms with Crippen LogP contribution in [0.15, 0.2) is 46.9 Å². The summed E-state index contributed by atoms with van der Waals surface area (Å²) in [6.07, 6.45) is 0. The largest absolute Gasteiger partial charge is 0.496 e. The molecule has 0 aromatic heterocycles. The summed E-state index contributed by atoms with van der Waals surface area (Å²) in [5, 5.41) is 0. The number of ether oxygens (including phenoxy) is 2. The Kier molecular flexibility index (Phi) is 4.20. The van der Waals surface area contributed by atoms with Crippen LogP contribution in [0.25, 0.3) is 0 Å². The van der Waals surface area contributed by atoms with Crippen LogP contribution in [0, 0.1) is 5.82 Å². The topological polar surface area (TPSA) is 18.5 Å². The predicted octanol–water partition coefficient (Wildman–Crippen LogP) is 4.18. The normalized spacial score (nSPS) is 10.2. The molecule has 0 N–H and O–H groups in total. The average Bonchev–Trinajstić information content (AvgIpc) is 2.38. The highest BCUT2D eigenvalue weighted by atomic mass is 79.9. The lowest BCUT2D eigenvalue weighted by atomic mass is 10.2. The second-order valence-electron chi connectivity index (χ2n) is 3.71. The van der Waals surface area contributed by atoms with Gasteiger partial charge in [-0.15, -0.1) is 0 Å². The summed E-state index contributed by atoms with van der Waals surface area (Å²) in [5.74, 6) is 0.952. The van der Waals surface area contributed by atoms with Crippen molar-refractivity contribution in [1.82, 2.24) is 0 Å². The molecule has 0 saturated carbocycles. The van der Waals surface area contributed by atoms with E-state index in [4.69, 9.17) is 9.47 Å². The number of methoxy groups -OCH3 is 1. The molecule has 0 amide bonds. The van der Waals surface area contributed by atoms with Gasteiger partial charge in [0.2, 0.25) is 0 Å². The zero-order valence-electron chi connectivity index (χ0n) is 9.82. The van der Waals surface area contributed by atoms with E-state index in [1.807, 2.05) is 18.2 Å². The third kappa shape index (κ3) is 3.23. The van der Waals surface area contributed by atoms with Gasteiger partial charge in [-0.05, 0) is 45.8 Å². The number of halogens is 2. The molecule has 0 radical (unpaired) electrons. The third-order valence-electron chi connectivity index (χ3n) is 2.42. The fourth-order valence-electron chi connectivity index (χ4n) is 1.52. The third-order valence-corrected chi connectivity index (χ3v) is 3.07. The molecule has 2 aromatic carbocycles. The van der Waals surface area contributed by atoms with Gasteiger partial charge in [-0.25, -0.2) is 4.39 Å². The number of hydrogen-bond acceptors (Lipinski definition) is 2. The van der Waals surface area contributed by atoms with Gasteiger partial charge in [0, 0.05) is 6.07 Å². The Balaban J connectivity index is 2.06. The van der Waals surface area contributed by atoms with Crippen LogP contribution >= 0.6 is 15.9 Å². The second-order valence-corrected chi connectivity index (χ2v) is 4.57. The lowest BCUT2D eigenvalue weighted by Crippen LogP contribution is -1.96. The molecule has 0 bridgehead atoms. The Bertz CT molecular complexity index is 543. The Labute approximate surface area is 113 Å². The average molecular weight is 311 g/mol. The molecule has 2 rings (SSSR count). The molecule has 0 spiro atoms. The molecule has 18 heavy (non-hydrogen) atoms. The molecule has 2 nitrogen and oxygen atoms in total. The van der Waals surface area contributed by atoms with E-state index in [1.165, 1.54) is 12.1 Å². The SMILES string of the molecule is COc1cc(COc2cccc(F)c2)ccc1Br. The highest BCUT2D eigenvalue weighted by Gasteiger charge is 2.03. The van der Waals surface area contributed by atoms with E-state index in [0.717, 1.165) is 15.8 Å². The molecule has 0 aliphatic heterocycles. The Hall–Kier alpha value is -1.55. The van der Waals surface area contributed by atoms with Gasteiger partial charge >= 0.3 is 0 Å². The van der Waals surface area contributed by atoms with Crippen LogP contribution in [-0.4, -0.2) is 7.11 Å². The van der Waals surface area contributed by atoms with Gasteiger partial charge in [0.25, 0.3) is 0 Å². The molecule has 0 atom stereocenters. The van der Waals surface area contributed by atoms with Crippen molar-refractivity contribution in [3.05, 3.63) is 58.3 Å². The number of benzene rings is 2. The van der Waals surface area contributed by atoms with Crippen LogP contribution in [0.5, 0.6) is 11.5 Å². The highest BCUT2D eigenvalue weighted by Crippen LogP contribution is 2.26. The molecule has 0 aliphatic rings. The summed E-state index contributed by atoms with van der Waals surface area (Å²) in [7, 11) is 1.61. The number of rotatable bonds is 4. The Morgan fingerprint density at radius 3 is 2.72 bits per heavy atom. The Morgan fingerprint density at radius 1 is 1.17 bits per heavy atom. The van der Waals surface area contributed by atoms with Crippen molar-refractivity contribution in [3.63, 3.8) is 0 Å². The van der Waals surface area contributed by atoms with Gasteiger partial charge in [-0.2, -0.15) is 0 Å². The van der Waals surface area contributed by atoms with Crippen LogP contribution < -0.4 is 9.47 Å². The van der Waals surface area contributed by atoms with Crippen molar-refractivity contribution >= 4 is 15.9 Å². The molecule has 0 saturated heterocycles. The van der Waals surface area contributed by atoms with E-state index in [1.54, 1.807) is 19.2 Å². The van der Waals surface area contributed by atoms with Crippen molar-refractivity contribution in [3.8, 4) is 11.5 Å². The highest BCUT2D eigenvalue weighted by molar-refractivity contribution is 9.10. The predicted molar refractivity (Wildman–Crippen MR) is 71.4 cm³/mol. The van der Waals surface area contributed by atoms with Crippen molar-refractivity contribution in [2.24, 2.45) is 0 Å². The van der Waals surface area contributed by atoms with Gasteiger partial charge < -0.3 is 9.47 Å². The first-order valence-electron chi connectivity index (χ1n) is 5.40. The maximum absolute atomic E-state index is 13.0. The van der Waals surface area contributed by atoms with E-state index in [2.05, 4.69) is 15.9 Å². The van der Waals surface area contributed by atoms with Gasteiger partial charge in [0.15, 0.2) is 0 Å². The van der Waals surface area contributed by atoms with Crippen molar-refractivity contribution in [2.45, 2.75) is 6.61 Å². The van der Waals surface area contributed by atoms with Gasteiger partial charge in [-0.1, -0.05) is 12.1 Å². The van der Waals surface area contributed by atoms with E-state index in [-0.39, 0.29) is 5.82 Å². The van der Waals surface area contributed by atoms with Crippen LogP contribution in [0.3, 0.4) is 0 Å². The minimum Gasteiger partial charge on any atom is -0.496 e. The van der Waals surface area contributed by atoms with Crippen molar-refractivity contribution in [1.29, 1.82) is 0 Å². The van der Waals surface area contributed by atoms with E-state index < -0.39 is 0 Å². The van der Waals surface area contributed by atoms with Crippen LogP contribution in [0.4, 0.5) is 4.39 Å². The smallest absolute Gasteiger partial charge is 0.133 e. The molecule has 4 heteroatoms. The fraction of sp³-hybridized carbons (Fsp3) is 0.143. The number of hydrogen-bond donors (Lipinski definition) is 0. The first-order chi connectivity index (χ1) is 8.69. The summed E-state index contributed by atoms with van der Waals surface area (Å²) in [5.41, 5.74) is 0.958. The zero-order chi connectivity index (χ0) is 13.0. The van der Waals surface area contributed by atoms with E-state index in [0.29, 0.717) is 12.4 Å². The first kappa shape index (κ1) is 12.9. The van der Waals surface area contributed by atoms with Crippen LogP contribution in [0.1, 0.15) is 5.56 Å². The summed E-state index contributed by atoms with van der Waals surface area (Å²) in [6.45, 7) is 0.368. The molecular formula is C14H12BrFO2. The van der Waals surface area contributed by atoms with E-state index in [9.17, 15) is 4.39 Å². The van der Waals surface area contributed by atoms with Crippen molar-refractivity contribution < 1.29 is 13.9 Å². The molecule has 94 valence electrons. The molecule has 0 fully saturated rings. The molecule has 2 aromatic rings. The molecular weight excluding hydrogens is 299 g/mol. The molecule has 0 heterocycles. The molecule has 0 aliphatic carbocycles. The van der Waals surface area contributed by atoms with Gasteiger partial charge in [-0.3, -0.25) is 0 Å². The van der Waals surface area contributed by atoms with Gasteiger partial charge in [0.1, 0.15) is 23.9 Å². The Morgan fingerprint density at radius 2 is 2.00 bits per heavy atom. The lowest BCUT2D eigenvalue weighted by molar-refractivity contribution is 0.303. The lowest BCUT2D eigenvalue weighted by Gasteiger charge is -2.09. The standard InChI is InChI=1S/C14H12BrFO2/c1-17-14-7-10(5-6-13(14)15)9-18-12-4-2-3-11(16)8-12/h2-8H,9H2,1H3. The quantitative estimate of drug-likeness (QED) is 0.843. The minimum absolute atomic E-state index is 0.305. The van der Waals surface area contributed by atoms with Crippen LogP contribution in [-0.2, 0) is 6.61 Å². The maximum atomic E-state index is 13.0. The van der Waals surface area contributed by atoms with Crippen molar-refractivity contribution in [2.75, 3.05) is 7.11 Å². The molecule has 0 unspecified atom stereocenters. The summed E-state index contributed by atoms with van der Waals surface area (Å²) >= 11 is 3.38. The monoisotopic (exact) mass is 310 g/mol. The van der Waals surface area contributed by atoms with Gasteiger partial charge in [0.05, 0.1) is 11.6 Å². The minimum atomic E-state index is -0.305. The summed E-state index contributed by atoms with van der Waals surface area (Å²) in [6, 6.07) is 11.8. The van der Waals surface area contributed by atoms with E-state index >= 15 is 0 Å². The zero-order valence-corrected chi connectivity index (χ0v) is 11.4. The maximum Gasteiger partial charge on any atom is 0.133 e. The summed E-state index contributed by atoms with van der Waals surface area (Å²) in [4.78, 5) is 0. The van der Waals surface area contributed by atoms with Crippen LogP contribution in [0.2, 0.25) is 0 Å². The fourth-order valence-corrected chi connectivity index (χ4v) is 1.93. The summed E-state index contributed by atoms with van der Waals surface area (Å²) < 4.78 is 24.5. The second kappa shape index (κ2) is 5.87.